The highest BCUT2D eigenvalue weighted by atomic mass is 32.2. The average molecular weight is 181 g/mol. The molecule has 0 atom stereocenters. The summed E-state index contributed by atoms with van der Waals surface area (Å²) in [5, 5.41) is 8.06. The quantitative estimate of drug-likeness (QED) is 0.645. The highest BCUT2D eigenvalue weighted by Gasteiger charge is 2.20. The molecule has 0 aliphatic carbocycles. The molecule has 4 nitrogen and oxygen atoms in total. The number of hydrogen-bond donors (Lipinski definition) is 1. The number of likely N-dealkylation sites (N-methyl/N-ethyl adjacent to an activating group) is 1. The zero-order chi connectivity index (χ0) is 9.07. The maximum Gasteiger partial charge on any atom is 0.216 e. The fourth-order valence-corrected chi connectivity index (χ4v) is 1.68. The second-order valence-electron chi connectivity index (χ2n) is 2.64. The van der Waals surface area contributed by atoms with Gasteiger partial charge >= 0.3 is 0 Å². The third-order valence-corrected chi connectivity index (χ3v) is 3.69. The van der Waals surface area contributed by atoms with Crippen LogP contribution < -0.4 is 0 Å². The van der Waals surface area contributed by atoms with E-state index in [-0.39, 0.29) is 13.2 Å². The first-order chi connectivity index (χ1) is 4.92. The van der Waals surface area contributed by atoms with Gasteiger partial charge in [0.2, 0.25) is 10.0 Å². The number of aliphatic hydroxyl groups is 1. The fraction of sp³-hybridized carbons (Fsp3) is 1.00. The van der Waals surface area contributed by atoms with Gasteiger partial charge in [0, 0.05) is 13.6 Å². The molecule has 0 aliphatic rings. The first kappa shape index (κ1) is 10.9. The second kappa shape index (κ2) is 4.04. The standard InChI is InChI=1S/C6H15NO3S/c1-6(2)11(9,10)7(3)4-5-8/h6,8H,4-5H2,1-3H3. The number of sulfonamides is 1. The molecule has 0 rings (SSSR count). The molecule has 0 aromatic carbocycles. The van der Waals surface area contributed by atoms with Crippen molar-refractivity contribution >= 4 is 10.0 Å². The van der Waals surface area contributed by atoms with E-state index >= 15 is 0 Å². The van der Waals surface area contributed by atoms with Gasteiger partial charge in [-0.05, 0) is 13.8 Å². The first-order valence-corrected chi connectivity index (χ1v) is 4.99. The number of nitrogens with zero attached hydrogens (tertiary/aromatic N) is 1. The van der Waals surface area contributed by atoms with Crippen molar-refractivity contribution in [2.75, 3.05) is 20.2 Å². The lowest BCUT2D eigenvalue weighted by Crippen LogP contribution is -2.34. The van der Waals surface area contributed by atoms with Gasteiger partial charge in [0.05, 0.1) is 11.9 Å². The smallest absolute Gasteiger partial charge is 0.216 e. The van der Waals surface area contributed by atoms with Crippen LogP contribution in [0.15, 0.2) is 0 Å². The maximum atomic E-state index is 11.2. The van der Waals surface area contributed by atoms with Crippen LogP contribution in [-0.2, 0) is 10.0 Å². The van der Waals surface area contributed by atoms with E-state index in [9.17, 15) is 8.42 Å². The predicted octanol–water partition coefficient (Wildman–Crippen LogP) is -0.351. The van der Waals surface area contributed by atoms with Crippen molar-refractivity contribution in [1.29, 1.82) is 0 Å². The van der Waals surface area contributed by atoms with Gasteiger partial charge in [-0.1, -0.05) is 0 Å². The lowest BCUT2D eigenvalue weighted by Gasteiger charge is -2.17. The lowest BCUT2D eigenvalue weighted by atomic mass is 10.6. The molecule has 0 heterocycles. The molecule has 0 bridgehead atoms. The molecule has 0 aromatic heterocycles. The molecule has 0 aliphatic heterocycles. The Morgan fingerprint density at radius 1 is 1.45 bits per heavy atom. The predicted molar refractivity (Wildman–Crippen MR) is 43.8 cm³/mol. The zero-order valence-electron chi connectivity index (χ0n) is 7.11. The molecule has 0 spiro atoms. The number of aliphatic hydroxyl groups excluding tert-OH is 1. The Balaban J connectivity index is 4.32. The molecule has 0 aromatic rings. The van der Waals surface area contributed by atoms with E-state index in [1.54, 1.807) is 13.8 Å². The summed E-state index contributed by atoms with van der Waals surface area (Å²) in [5.41, 5.74) is 0. The van der Waals surface area contributed by atoms with Gasteiger partial charge in [0.15, 0.2) is 0 Å². The lowest BCUT2D eigenvalue weighted by molar-refractivity contribution is 0.266. The second-order valence-corrected chi connectivity index (χ2v) is 5.23. The number of hydrogen-bond acceptors (Lipinski definition) is 3. The Morgan fingerprint density at radius 2 is 1.91 bits per heavy atom. The summed E-state index contributed by atoms with van der Waals surface area (Å²) in [6.07, 6.45) is 0. The normalized spacial score (nSPS) is 12.9. The maximum absolute atomic E-state index is 11.2. The molecule has 0 amide bonds. The van der Waals surface area contributed by atoms with E-state index < -0.39 is 15.3 Å². The minimum absolute atomic E-state index is 0.136. The van der Waals surface area contributed by atoms with Gasteiger partial charge in [-0.3, -0.25) is 0 Å². The molecule has 1 N–H and O–H groups in total. The molecule has 0 radical (unpaired) electrons. The first-order valence-electron chi connectivity index (χ1n) is 3.49. The monoisotopic (exact) mass is 181 g/mol. The Hall–Kier alpha value is -0.130. The van der Waals surface area contributed by atoms with Crippen molar-refractivity contribution in [3.63, 3.8) is 0 Å². The largest absolute Gasteiger partial charge is 0.395 e. The van der Waals surface area contributed by atoms with E-state index in [0.717, 1.165) is 4.31 Å². The SMILES string of the molecule is CC(C)S(=O)(=O)N(C)CCO. The third-order valence-electron chi connectivity index (χ3n) is 1.45. The number of rotatable bonds is 4. The van der Waals surface area contributed by atoms with Gasteiger partial charge in [-0.15, -0.1) is 0 Å². The van der Waals surface area contributed by atoms with Crippen LogP contribution in [0.1, 0.15) is 13.8 Å². The van der Waals surface area contributed by atoms with Crippen molar-refractivity contribution in [1.82, 2.24) is 4.31 Å². The van der Waals surface area contributed by atoms with Crippen LogP contribution in [-0.4, -0.2) is 43.3 Å². The molecular formula is C6H15NO3S. The van der Waals surface area contributed by atoms with Crippen molar-refractivity contribution < 1.29 is 13.5 Å². The Kier molecular flexibility index (Phi) is 3.99. The van der Waals surface area contributed by atoms with Crippen molar-refractivity contribution in [2.24, 2.45) is 0 Å². The molecule has 0 fully saturated rings. The van der Waals surface area contributed by atoms with Crippen LogP contribution >= 0.6 is 0 Å². The minimum Gasteiger partial charge on any atom is -0.395 e. The average Bonchev–Trinajstić information content (AvgIpc) is 1.88. The Labute approximate surface area is 67.9 Å². The summed E-state index contributed by atoms with van der Waals surface area (Å²) in [7, 11) is -1.70. The van der Waals surface area contributed by atoms with E-state index in [0.29, 0.717) is 0 Å². The molecule has 0 saturated heterocycles. The van der Waals surface area contributed by atoms with Crippen LogP contribution in [0.2, 0.25) is 0 Å². The van der Waals surface area contributed by atoms with Crippen LogP contribution in [0.5, 0.6) is 0 Å². The minimum atomic E-state index is -3.17. The summed E-state index contributed by atoms with van der Waals surface area (Å²) in [5.74, 6) is 0. The Morgan fingerprint density at radius 3 is 2.18 bits per heavy atom. The summed E-state index contributed by atoms with van der Waals surface area (Å²) >= 11 is 0. The van der Waals surface area contributed by atoms with E-state index in [4.69, 9.17) is 5.11 Å². The Bertz CT molecular complexity index is 198. The van der Waals surface area contributed by atoms with E-state index in [2.05, 4.69) is 0 Å². The molecule has 0 unspecified atom stereocenters. The van der Waals surface area contributed by atoms with Crippen molar-refractivity contribution in [3.05, 3.63) is 0 Å². The van der Waals surface area contributed by atoms with Crippen LogP contribution in [0.4, 0.5) is 0 Å². The van der Waals surface area contributed by atoms with E-state index in [1.165, 1.54) is 7.05 Å². The van der Waals surface area contributed by atoms with Gasteiger partial charge in [-0.25, -0.2) is 12.7 Å². The van der Waals surface area contributed by atoms with Gasteiger partial charge < -0.3 is 5.11 Å². The fourth-order valence-electron chi connectivity index (χ4n) is 0.628. The summed E-state index contributed by atoms with van der Waals surface area (Å²) in [4.78, 5) is 0. The molecule has 11 heavy (non-hydrogen) atoms. The topological polar surface area (TPSA) is 57.6 Å². The molecule has 68 valence electrons. The zero-order valence-corrected chi connectivity index (χ0v) is 7.93. The summed E-state index contributed by atoms with van der Waals surface area (Å²) in [6, 6.07) is 0. The van der Waals surface area contributed by atoms with Gasteiger partial charge in [0.25, 0.3) is 0 Å². The van der Waals surface area contributed by atoms with Crippen molar-refractivity contribution in [3.8, 4) is 0 Å². The van der Waals surface area contributed by atoms with Gasteiger partial charge in [0.1, 0.15) is 0 Å². The molecular weight excluding hydrogens is 166 g/mol. The summed E-state index contributed by atoms with van der Waals surface area (Å²) in [6.45, 7) is 3.26. The molecule has 0 saturated carbocycles. The van der Waals surface area contributed by atoms with Crippen LogP contribution in [0, 0.1) is 0 Å². The van der Waals surface area contributed by atoms with Crippen molar-refractivity contribution in [2.45, 2.75) is 19.1 Å². The van der Waals surface area contributed by atoms with E-state index in [1.807, 2.05) is 0 Å². The van der Waals surface area contributed by atoms with Crippen LogP contribution in [0.3, 0.4) is 0 Å². The highest BCUT2D eigenvalue weighted by Crippen LogP contribution is 2.04. The van der Waals surface area contributed by atoms with Gasteiger partial charge in [-0.2, -0.15) is 0 Å². The summed E-state index contributed by atoms with van der Waals surface area (Å²) < 4.78 is 23.6. The highest BCUT2D eigenvalue weighted by molar-refractivity contribution is 7.89. The third kappa shape index (κ3) is 2.76. The van der Waals surface area contributed by atoms with Crippen LogP contribution in [0.25, 0.3) is 0 Å². The molecule has 5 heteroatoms.